The van der Waals surface area contributed by atoms with Crippen LogP contribution in [0.25, 0.3) is 0 Å². The minimum atomic E-state index is -0.152. The third-order valence-electron chi connectivity index (χ3n) is 3.37. The highest BCUT2D eigenvalue weighted by molar-refractivity contribution is 8.00. The molecule has 2 aromatic rings. The third kappa shape index (κ3) is 7.58. The molecule has 0 aliphatic rings. The molecule has 0 heterocycles. The molecule has 2 aromatic carbocycles. The van der Waals surface area contributed by atoms with Crippen molar-refractivity contribution in [2.24, 2.45) is 0 Å². The van der Waals surface area contributed by atoms with Gasteiger partial charge in [-0.25, -0.2) is 0 Å². The third-order valence-corrected chi connectivity index (χ3v) is 4.20. The molecule has 3 N–H and O–H groups in total. The van der Waals surface area contributed by atoms with Crippen LogP contribution < -0.4 is 15.4 Å². The molecule has 0 fully saturated rings. The molecule has 0 spiro atoms. The second kappa shape index (κ2) is 11.8. The summed E-state index contributed by atoms with van der Waals surface area (Å²) in [5.74, 6) is -0.254. The van der Waals surface area contributed by atoms with E-state index in [0.29, 0.717) is 5.56 Å². The zero-order valence-electron chi connectivity index (χ0n) is 16.4. The zero-order chi connectivity index (χ0) is 20.2. The Bertz CT molecular complexity index is 786. The van der Waals surface area contributed by atoms with Crippen LogP contribution in [0, 0.1) is 0 Å². The fraction of sp³-hybridized carbons (Fsp3) is 0.238. The van der Waals surface area contributed by atoms with Crippen molar-refractivity contribution in [1.82, 2.24) is 5.32 Å². The van der Waals surface area contributed by atoms with Crippen LogP contribution in [-0.2, 0) is 4.79 Å². The highest BCUT2D eigenvalue weighted by Crippen LogP contribution is 2.25. The summed E-state index contributed by atoms with van der Waals surface area (Å²) in [6.45, 7) is 9.20. The van der Waals surface area contributed by atoms with Gasteiger partial charge in [-0.1, -0.05) is 32.1 Å². The van der Waals surface area contributed by atoms with E-state index in [1.54, 1.807) is 6.07 Å². The molecule has 0 saturated carbocycles. The van der Waals surface area contributed by atoms with Gasteiger partial charge in [0.2, 0.25) is 5.91 Å². The summed E-state index contributed by atoms with van der Waals surface area (Å²) in [6.07, 6.45) is 1.85. The standard InChI is InChI=1S/C19H21N3O2S.C2H6/c1-4-13(2)20-19(24)17-7-5-6-8-18(17)22-25-16-11-9-15(10-12-16)21-14(3)23;1-2/h4-12,22H,1-3H3,(H,20,24)(H,21,23);1-2H3/b13-4+;. The van der Waals surface area contributed by atoms with E-state index >= 15 is 0 Å². The number of carbonyl (C=O) groups is 2. The van der Waals surface area contributed by atoms with E-state index in [0.717, 1.165) is 22.0 Å². The molecule has 5 nitrogen and oxygen atoms in total. The van der Waals surface area contributed by atoms with E-state index in [4.69, 9.17) is 0 Å². The van der Waals surface area contributed by atoms with Gasteiger partial charge in [0, 0.05) is 23.2 Å². The number of rotatable bonds is 6. The summed E-state index contributed by atoms with van der Waals surface area (Å²) < 4.78 is 3.21. The maximum atomic E-state index is 12.4. The van der Waals surface area contributed by atoms with E-state index in [9.17, 15) is 9.59 Å². The van der Waals surface area contributed by atoms with Gasteiger partial charge in [0.05, 0.1) is 11.3 Å². The van der Waals surface area contributed by atoms with Crippen molar-refractivity contribution in [3.63, 3.8) is 0 Å². The van der Waals surface area contributed by atoms with Gasteiger partial charge < -0.3 is 15.4 Å². The average molecular weight is 386 g/mol. The Hall–Kier alpha value is -2.73. The molecule has 0 atom stereocenters. The maximum absolute atomic E-state index is 12.4. The molecular formula is C21H27N3O2S. The van der Waals surface area contributed by atoms with Crippen LogP contribution in [0.15, 0.2) is 65.2 Å². The second-order valence-corrected chi connectivity index (χ2v) is 6.26. The number of hydrogen-bond acceptors (Lipinski definition) is 4. The summed E-state index contributed by atoms with van der Waals surface area (Å²) in [7, 11) is 0. The first-order valence-electron chi connectivity index (χ1n) is 8.83. The summed E-state index contributed by atoms with van der Waals surface area (Å²) in [5.41, 5.74) is 2.87. The van der Waals surface area contributed by atoms with Crippen molar-refractivity contribution in [2.45, 2.75) is 39.5 Å². The van der Waals surface area contributed by atoms with Crippen molar-refractivity contribution < 1.29 is 9.59 Å². The fourth-order valence-corrected chi connectivity index (χ4v) is 2.69. The van der Waals surface area contributed by atoms with Gasteiger partial charge in [-0.05, 0) is 62.2 Å². The number of anilines is 2. The Kier molecular flexibility index (Phi) is 9.75. The molecule has 0 bridgehead atoms. The largest absolute Gasteiger partial charge is 0.326 e. The van der Waals surface area contributed by atoms with E-state index < -0.39 is 0 Å². The quantitative estimate of drug-likeness (QED) is 0.579. The van der Waals surface area contributed by atoms with Gasteiger partial charge in [0.25, 0.3) is 5.91 Å². The lowest BCUT2D eigenvalue weighted by atomic mass is 10.1. The van der Waals surface area contributed by atoms with Crippen molar-refractivity contribution in [1.29, 1.82) is 0 Å². The van der Waals surface area contributed by atoms with Gasteiger partial charge in [-0.2, -0.15) is 0 Å². The van der Waals surface area contributed by atoms with Crippen LogP contribution in [0.4, 0.5) is 11.4 Å². The van der Waals surface area contributed by atoms with E-state index in [2.05, 4.69) is 15.4 Å². The smallest absolute Gasteiger partial charge is 0.257 e. The molecule has 144 valence electrons. The van der Waals surface area contributed by atoms with Crippen molar-refractivity contribution >= 4 is 35.1 Å². The minimum Gasteiger partial charge on any atom is -0.326 e. The maximum Gasteiger partial charge on any atom is 0.257 e. The Morgan fingerprint density at radius 1 is 0.963 bits per heavy atom. The van der Waals surface area contributed by atoms with Crippen LogP contribution in [0.1, 0.15) is 45.0 Å². The number of hydrogen-bond donors (Lipinski definition) is 3. The molecule has 0 radical (unpaired) electrons. The first-order chi connectivity index (χ1) is 13.0. The van der Waals surface area contributed by atoms with Crippen molar-refractivity contribution in [3.8, 4) is 0 Å². The Balaban J connectivity index is 0.00000176. The lowest BCUT2D eigenvalue weighted by molar-refractivity contribution is -0.114. The first kappa shape index (κ1) is 22.3. The fourth-order valence-electron chi connectivity index (χ4n) is 2.01. The van der Waals surface area contributed by atoms with Gasteiger partial charge in [-0.15, -0.1) is 0 Å². The number of allylic oxidation sites excluding steroid dienone is 2. The normalized spacial score (nSPS) is 10.3. The Morgan fingerprint density at radius 2 is 1.59 bits per heavy atom. The van der Waals surface area contributed by atoms with Crippen molar-refractivity contribution in [2.75, 3.05) is 10.0 Å². The minimum absolute atomic E-state index is 0.102. The molecule has 0 saturated heterocycles. The number of nitrogens with one attached hydrogen (secondary N) is 3. The highest BCUT2D eigenvalue weighted by atomic mass is 32.2. The van der Waals surface area contributed by atoms with E-state index in [1.807, 2.05) is 76.2 Å². The van der Waals surface area contributed by atoms with E-state index in [1.165, 1.54) is 18.9 Å². The van der Waals surface area contributed by atoms with Crippen LogP contribution in [0.2, 0.25) is 0 Å². The lowest BCUT2D eigenvalue weighted by Gasteiger charge is -2.12. The summed E-state index contributed by atoms with van der Waals surface area (Å²) in [6, 6.07) is 14.8. The lowest BCUT2D eigenvalue weighted by Crippen LogP contribution is -2.22. The number of amides is 2. The van der Waals surface area contributed by atoms with Crippen LogP contribution in [0.3, 0.4) is 0 Å². The van der Waals surface area contributed by atoms with Crippen LogP contribution in [0.5, 0.6) is 0 Å². The molecule has 0 unspecified atom stereocenters. The molecule has 2 rings (SSSR count). The molecule has 6 heteroatoms. The SMILES string of the molecule is C/C=C(\C)NC(=O)c1ccccc1NSc1ccc(NC(C)=O)cc1.CC. The highest BCUT2D eigenvalue weighted by Gasteiger charge is 2.11. The zero-order valence-corrected chi connectivity index (χ0v) is 17.2. The Morgan fingerprint density at radius 3 is 2.19 bits per heavy atom. The number of carbonyl (C=O) groups excluding carboxylic acids is 2. The Labute approximate surface area is 165 Å². The van der Waals surface area contributed by atoms with Crippen LogP contribution >= 0.6 is 11.9 Å². The van der Waals surface area contributed by atoms with Gasteiger partial charge in [0.1, 0.15) is 0 Å². The molecular weight excluding hydrogens is 358 g/mol. The number of para-hydroxylation sites is 1. The van der Waals surface area contributed by atoms with Gasteiger partial charge in [0.15, 0.2) is 0 Å². The topological polar surface area (TPSA) is 70.2 Å². The molecule has 0 aliphatic heterocycles. The van der Waals surface area contributed by atoms with E-state index in [-0.39, 0.29) is 11.8 Å². The first-order valence-corrected chi connectivity index (χ1v) is 9.65. The molecule has 2 amide bonds. The van der Waals surface area contributed by atoms with Gasteiger partial charge in [-0.3, -0.25) is 9.59 Å². The van der Waals surface area contributed by atoms with Gasteiger partial charge >= 0.3 is 0 Å². The predicted octanol–water partition coefficient (Wildman–Crippen LogP) is 5.44. The summed E-state index contributed by atoms with van der Waals surface area (Å²) >= 11 is 1.40. The van der Waals surface area contributed by atoms with Crippen molar-refractivity contribution in [3.05, 3.63) is 65.9 Å². The molecule has 27 heavy (non-hydrogen) atoms. The summed E-state index contributed by atoms with van der Waals surface area (Å²) in [5, 5.41) is 5.57. The average Bonchev–Trinajstić information content (AvgIpc) is 2.68. The second-order valence-electron chi connectivity index (χ2n) is 5.38. The monoisotopic (exact) mass is 385 g/mol. The molecule has 0 aliphatic carbocycles. The molecule has 0 aromatic heterocycles. The predicted molar refractivity (Wildman–Crippen MR) is 115 cm³/mol. The summed E-state index contributed by atoms with van der Waals surface area (Å²) in [4.78, 5) is 24.4. The van der Waals surface area contributed by atoms with Crippen LogP contribution in [-0.4, -0.2) is 11.8 Å². The number of benzene rings is 2.